The summed E-state index contributed by atoms with van der Waals surface area (Å²) < 4.78 is 0. The van der Waals surface area contributed by atoms with Crippen LogP contribution < -0.4 is 16.6 Å². The second-order valence-corrected chi connectivity index (χ2v) is 5.16. The third-order valence-corrected chi connectivity index (χ3v) is 3.75. The molecule has 1 saturated heterocycles. The molecule has 1 unspecified atom stereocenters. The fourth-order valence-electron chi connectivity index (χ4n) is 2.58. The number of aromatic nitrogens is 2. The number of nitro groups is 1. The normalized spacial score (nSPS) is 18.7. The molecule has 9 nitrogen and oxygen atoms in total. The van der Waals surface area contributed by atoms with Crippen molar-refractivity contribution in [3.63, 3.8) is 0 Å². The highest BCUT2D eigenvalue weighted by Gasteiger charge is 2.25. The largest absolute Gasteiger partial charge is 0.364 e. The summed E-state index contributed by atoms with van der Waals surface area (Å²) in [6.07, 6.45) is 1.08. The van der Waals surface area contributed by atoms with E-state index < -0.39 is 4.92 Å². The van der Waals surface area contributed by atoms with Gasteiger partial charge in [-0.3, -0.25) is 15.5 Å². The van der Waals surface area contributed by atoms with Gasteiger partial charge in [0.15, 0.2) is 0 Å². The van der Waals surface area contributed by atoms with Crippen LogP contribution in [-0.2, 0) is 0 Å². The van der Waals surface area contributed by atoms with Gasteiger partial charge >= 0.3 is 5.69 Å². The third-order valence-electron chi connectivity index (χ3n) is 3.75. The van der Waals surface area contributed by atoms with E-state index >= 15 is 0 Å². The maximum atomic E-state index is 11.2. The van der Waals surface area contributed by atoms with Crippen LogP contribution in [0.2, 0.25) is 0 Å². The summed E-state index contributed by atoms with van der Waals surface area (Å²) in [7, 11) is 0. The van der Waals surface area contributed by atoms with E-state index in [0.717, 1.165) is 26.1 Å². The van der Waals surface area contributed by atoms with Crippen molar-refractivity contribution >= 4 is 17.5 Å². The first kappa shape index (κ1) is 15.4. The topological polar surface area (TPSA) is 122 Å². The summed E-state index contributed by atoms with van der Waals surface area (Å²) in [5.74, 6) is 6.14. The molecule has 1 atom stereocenters. The van der Waals surface area contributed by atoms with Crippen molar-refractivity contribution in [1.82, 2.24) is 14.9 Å². The smallest absolute Gasteiger partial charge is 0.332 e. The Balaban J connectivity index is 2.11. The van der Waals surface area contributed by atoms with E-state index in [-0.39, 0.29) is 23.1 Å². The maximum Gasteiger partial charge on any atom is 0.332 e. The number of nitrogen functional groups attached to an aromatic ring is 1. The van der Waals surface area contributed by atoms with Gasteiger partial charge in [0.1, 0.15) is 5.69 Å². The molecule has 9 heteroatoms. The molecule has 116 valence electrons. The lowest BCUT2D eigenvalue weighted by atomic mass is 10.1. The Hall–Kier alpha value is -2.00. The van der Waals surface area contributed by atoms with Gasteiger partial charge in [0.05, 0.1) is 4.92 Å². The van der Waals surface area contributed by atoms with Crippen LogP contribution in [-0.4, -0.2) is 46.0 Å². The molecule has 0 bridgehead atoms. The summed E-state index contributed by atoms with van der Waals surface area (Å²) >= 11 is 0. The number of nitrogens with two attached hydrogens (primary N) is 1. The van der Waals surface area contributed by atoms with E-state index in [4.69, 9.17) is 5.84 Å². The van der Waals surface area contributed by atoms with Gasteiger partial charge in [-0.25, -0.2) is 10.8 Å². The van der Waals surface area contributed by atoms with E-state index in [9.17, 15) is 10.1 Å². The van der Waals surface area contributed by atoms with E-state index in [1.807, 2.05) is 0 Å². The Bertz CT molecular complexity index is 523. The summed E-state index contributed by atoms with van der Waals surface area (Å²) in [6.45, 7) is 7.46. The lowest BCUT2D eigenvalue weighted by molar-refractivity contribution is -0.385. The fraction of sp³-hybridized carbons (Fsp3) is 0.667. The lowest BCUT2D eigenvalue weighted by Gasteiger charge is -2.14. The van der Waals surface area contributed by atoms with Crippen LogP contribution >= 0.6 is 0 Å². The maximum absolute atomic E-state index is 11.2. The number of likely N-dealkylation sites (tertiary alicyclic amines) is 1. The molecule has 1 aromatic rings. The van der Waals surface area contributed by atoms with Gasteiger partial charge in [0.2, 0.25) is 11.8 Å². The number of anilines is 2. The van der Waals surface area contributed by atoms with Crippen molar-refractivity contribution in [3.05, 3.63) is 15.8 Å². The number of nitrogens with one attached hydrogen (secondary N) is 2. The van der Waals surface area contributed by atoms with Crippen LogP contribution in [0.15, 0.2) is 0 Å². The van der Waals surface area contributed by atoms with Gasteiger partial charge in [-0.05, 0) is 32.4 Å². The van der Waals surface area contributed by atoms with Gasteiger partial charge in [0.25, 0.3) is 0 Å². The number of nitrogens with zero attached hydrogens (tertiary/aromatic N) is 4. The van der Waals surface area contributed by atoms with Gasteiger partial charge in [0, 0.05) is 13.1 Å². The van der Waals surface area contributed by atoms with Crippen molar-refractivity contribution in [2.45, 2.75) is 20.3 Å². The Kier molecular flexibility index (Phi) is 4.86. The highest BCUT2D eigenvalue weighted by Crippen LogP contribution is 2.27. The quantitative estimate of drug-likeness (QED) is 0.399. The second kappa shape index (κ2) is 6.64. The van der Waals surface area contributed by atoms with E-state index in [1.54, 1.807) is 6.92 Å². The van der Waals surface area contributed by atoms with Crippen molar-refractivity contribution in [1.29, 1.82) is 0 Å². The van der Waals surface area contributed by atoms with Gasteiger partial charge < -0.3 is 10.2 Å². The molecule has 0 spiro atoms. The van der Waals surface area contributed by atoms with Crippen LogP contribution in [0.3, 0.4) is 0 Å². The predicted octanol–water partition coefficient (Wildman–Crippen LogP) is 0.733. The molecule has 1 fully saturated rings. The molecule has 21 heavy (non-hydrogen) atoms. The first-order chi connectivity index (χ1) is 10.0. The standard InChI is InChI=1S/C12H21N7O2/c1-3-18-5-4-9(7-18)6-14-11-10(19(20)21)8(2)15-12(16-11)17-13/h9H,3-7,13H2,1-2H3,(H2,14,15,16,17). The van der Waals surface area contributed by atoms with E-state index in [1.165, 1.54) is 0 Å². The van der Waals surface area contributed by atoms with Crippen LogP contribution in [0, 0.1) is 23.0 Å². The summed E-state index contributed by atoms with van der Waals surface area (Å²) in [4.78, 5) is 21.1. The van der Waals surface area contributed by atoms with Gasteiger partial charge in [-0.2, -0.15) is 4.98 Å². The third kappa shape index (κ3) is 3.56. The summed E-state index contributed by atoms with van der Waals surface area (Å²) in [5, 5.41) is 14.2. The van der Waals surface area contributed by atoms with E-state index in [0.29, 0.717) is 12.5 Å². The number of rotatable bonds is 6. The van der Waals surface area contributed by atoms with Gasteiger partial charge in [-0.15, -0.1) is 0 Å². The molecule has 0 radical (unpaired) electrons. The molecule has 0 amide bonds. The SMILES string of the molecule is CCN1CCC(CNc2nc(NN)nc(C)c2[N+](=O)[O-])C1. The zero-order chi connectivity index (χ0) is 15.4. The molecule has 4 N–H and O–H groups in total. The molecule has 1 aromatic heterocycles. The highest BCUT2D eigenvalue weighted by molar-refractivity contribution is 5.60. The van der Waals surface area contributed by atoms with Crippen LogP contribution in [0.5, 0.6) is 0 Å². The predicted molar refractivity (Wildman–Crippen MR) is 79.9 cm³/mol. The van der Waals surface area contributed by atoms with Crippen LogP contribution in [0.1, 0.15) is 19.0 Å². The first-order valence-electron chi connectivity index (χ1n) is 7.01. The average Bonchev–Trinajstić information content (AvgIpc) is 2.91. The highest BCUT2D eigenvalue weighted by atomic mass is 16.6. The molecular formula is C12H21N7O2. The van der Waals surface area contributed by atoms with E-state index in [2.05, 4.69) is 32.5 Å². The van der Waals surface area contributed by atoms with Crippen molar-refractivity contribution < 1.29 is 4.92 Å². The second-order valence-electron chi connectivity index (χ2n) is 5.16. The molecule has 1 aliphatic rings. The number of hydrazine groups is 1. The molecule has 2 rings (SSSR count). The minimum Gasteiger partial charge on any atom is -0.364 e. The first-order valence-corrected chi connectivity index (χ1v) is 7.01. The average molecular weight is 295 g/mol. The molecule has 0 aromatic carbocycles. The number of hydrogen-bond donors (Lipinski definition) is 3. The van der Waals surface area contributed by atoms with Crippen LogP contribution in [0.4, 0.5) is 17.5 Å². The number of aryl methyl sites for hydroxylation is 1. The Morgan fingerprint density at radius 2 is 2.29 bits per heavy atom. The molecular weight excluding hydrogens is 274 g/mol. The fourth-order valence-corrected chi connectivity index (χ4v) is 2.58. The summed E-state index contributed by atoms with van der Waals surface area (Å²) in [5.41, 5.74) is 2.51. The minimum absolute atomic E-state index is 0.0978. The van der Waals surface area contributed by atoms with Crippen LogP contribution in [0.25, 0.3) is 0 Å². The van der Waals surface area contributed by atoms with Crippen molar-refractivity contribution in [2.75, 3.05) is 36.9 Å². The zero-order valence-corrected chi connectivity index (χ0v) is 12.3. The van der Waals surface area contributed by atoms with Gasteiger partial charge in [-0.1, -0.05) is 6.92 Å². The lowest BCUT2D eigenvalue weighted by Crippen LogP contribution is -2.23. The Morgan fingerprint density at radius 1 is 1.52 bits per heavy atom. The summed E-state index contributed by atoms with van der Waals surface area (Å²) in [6, 6.07) is 0. The van der Waals surface area contributed by atoms with Crippen molar-refractivity contribution in [3.8, 4) is 0 Å². The molecule has 0 saturated carbocycles. The van der Waals surface area contributed by atoms with Crippen molar-refractivity contribution in [2.24, 2.45) is 11.8 Å². The molecule has 0 aliphatic carbocycles. The molecule has 2 heterocycles. The Labute approximate surface area is 123 Å². The Morgan fingerprint density at radius 3 is 2.86 bits per heavy atom. The monoisotopic (exact) mass is 295 g/mol. The zero-order valence-electron chi connectivity index (χ0n) is 12.3. The number of hydrogen-bond acceptors (Lipinski definition) is 8. The molecule has 1 aliphatic heterocycles. The minimum atomic E-state index is -0.467.